The van der Waals surface area contributed by atoms with Gasteiger partial charge in [-0.3, -0.25) is 0 Å². The average Bonchev–Trinajstić information content (AvgIpc) is 3.49. The number of hydrogen-bond acceptors (Lipinski definition) is 0. The maximum absolute atomic E-state index is 2.49. The minimum atomic E-state index is -0.0651. The Hall–Kier alpha value is -5.46. The average molecular weight is 613 g/mol. The van der Waals surface area contributed by atoms with Crippen LogP contribution in [0.3, 0.4) is 0 Å². The van der Waals surface area contributed by atoms with Crippen molar-refractivity contribution in [2.45, 2.75) is 38.5 Å². The zero-order valence-corrected chi connectivity index (χ0v) is 27.9. The fourth-order valence-electron chi connectivity index (χ4n) is 9.28. The van der Waals surface area contributed by atoms with E-state index in [0.717, 1.165) is 0 Å². The minimum absolute atomic E-state index is 0.0605. The van der Waals surface area contributed by atoms with Gasteiger partial charge in [0.05, 0.1) is 0 Å². The first-order valence-electron chi connectivity index (χ1n) is 17.2. The van der Waals surface area contributed by atoms with Gasteiger partial charge in [-0.25, -0.2) is 0 Å². The van der Waals surface area contributed by atoms with Gasteiger partial charge in [0.2, 0.25) is 0 Å². The van der Waals surface area contributed by atoms with Gasteiger partial charge in [-0.05, 0) is 111 Å². The molecule has 0 spiro atoms. The van der Waals surface area contributed by atoms with Gasteiger partial charge < -0.3 is 0 Å². The number of benzene rings is 8. The van der Waals surface area contributed by atoms with Crippen LogP contribution < -0.4 is 0 Å². The van der Waals surface area contributed by atoms with Crippen LogP contribution in [-0.2, 0) is 10.8 Å². The van der Waals surface area contributed by atoms with Crippen molar-refractivity contribution >= 4 is 32.3 Å². The third-order valence-electron chi connectivity index (χ3n) is 11.7. The molecule has 0 N–H and O–H groups in total. The second kappa shape index (κ2) is 9.55. The summed E-state index contributed by atoms with van der Waals surface area (Å²) in [6, 6.07) is 55.0. The van der Waals surface area contributed by atoms with E-state index in [9.17, 15) is 0 Å². The van der Waals surface area contributed by atoms with E-state index < -0.39 is 0 Å². The van der Waals surface area contributed by atoms with Crippen molar-refractivity contribution in [3.05, 3.63) is 168 Å². The smallest absolute Gasteiger partial charge is 0.0159 e. The Labute approximate surface area is 282 Å². The zero-order valence-electron chi connectivity index (χ0n) is 27.9. The molecule has 10 rings (SSSR count). The van der Waals surface area contributed by atoms with Crippen LogP contribution in [0.25, 0.3) is 76.8 Å². The predicted molar refractivity (Wildman–Crippen MR) is 205 cm³/mol. The largest absolute Gasteiger partial charge is 0.0619 e. The standard InChI is InChI=1S/C48H36/c1-47(2)40-19-11-9-15-33(40)35-24-22-30(27-42(35)47)44-37-17-7-8-18-38(37)45(46-32-14-6-5-13-29(32)21-26-39(44)46)31-23-25-36-34-16-10-12-20-41(34)48(3,4)43(36)28-31/h5-28H,1-4H3. The first-order chi connectivity index (χ1) is 23.3. The molecule has 0 fully saturated rings. The van der Waals surface area contributed by atoms with Crippen molar-refractivity contribution in [2.75, 3.05) is 0 Å². The highest BCUT2D eigenvalue weighted by Crippen LogP contribution is 2.54. The van der Waals surface area contributed by atoms with Gasteiger partial charge in [-0.1, -0.05) is 161 Å². The lowest BCUT2D eigenvalue weighted by Gasteiger charge is -2.24. The van der Waals surface area contributed by atoms with E-state index in [1.165, 1.54) is 99.1 Å². The monoisotopic (exact) mass is 612 g/mol. The summed E-state index contributed by atoms with van der Waals surface area (Å²) >= 11 is 0. The van der Waals surface area contributed by atoms with E-state index in [2.05, 4.69) is 173 Å². The molecule has 0 radical (unpaired) electrons. The third-order valence-corrected chi connectivity index (χ3v) is 11.7. The fourth-order valence-corrected chi connectivity index (χ4v) is 9.28. The van der Waals surface area contributed by atoms with E-state index >= 15 is 0 Å². The molecule has 0 saturated heterocycles. The highest BCUT2D eigenvalue weighted by Gasteiger charge is 2.37. The highest BCUT2D eigenvalue weighted by molar-refractivity contribution is 6.28. The molecule has 0 bridgehead atoms. The Balaban J connectivity index is 1.30. The molecule has 8 aromatic carbocycles. The van der Waals surface area contributed by atoms with Gasteiger partial charge in [0.1, 0.15) is 0 Å². The number of hydrogen-bond donors (Lipinski definition) is 0. The molecule has 228 valence electrons. The van der Waals surface area contributed by atoms with Crippen LogP contribution in [0.2, 0.25) is 0 Å². The van der Waals surface area contributed by atoms with E-state index in [4.69, 9.17) is 0 Å². The van der Waals surface area contributed by atoms with Crippen molar-refractivity contribution in [2.24, 2.45) is 0 Å². The van der Waals surface area contributed by atoms with Crippen LogP contribution in [-0.4, -0.2) is 0 Å². The first kappa shape index (κ1) is 27.6. The van der Waals surface area contributed by atoms with Gasteiger partial charge >= 0.3 is 0 Å². The van der Waals surface area contributed by atoms with Gasteiger partial charge in [0.25, 0.3) is 0 Å². The summed E-state index contributed by atoms with van der Waals surface area (Å²) in [5, 5.41) is 7.80. The van der Waals surface area contributed by atoms with Gasteiger partial charge in [-0.2, -0.15) is 0 Å². The SMILES string of the molecule is CC1(C)c2ccccc2-c2ccc(-c3c4ccccc4c(-c4ccc5c(c4)C(C)(C)c4ccccc4-5)c4c3ccc3ccccc34)cc21. The molecule has 48 heavy (non-hydrogen) atoms. The second-order valence-electron chi connectivity index (χ2n) is 14.9. The molecular formula is C48H36. The Kier molecular flexibility index (Phi) is 5.50. The van der Waals surface area contributed by atoms with Crippen LogP contribution in [0, 0.1) is 0 Å². The molecule has 0 amide bonds. The maximum Gasteiger partial charge on any atom is 0.0159 e. The second-order valence-corrected chi connectivity index (χ2v) is 14.9. The third kappa shape index (κ3) is 3.55. The number of fused-ring (bicyclic) bond motifs is 10. The van der Waals surface area contributed by atoms with Gasteiger partial charge in [0, 0.05) is 10.8 Å². The summed E-state index contributed by atoms with van der Waals surface area (Å²) < 4.78 is 0. The first-order valence-corrected chi connectivity index (χ1v) is 17.2. The molecular weight excluding hydrogens is 577 g/mol. The molecule has 2 aliphatic carbocycles. The molecule has 0 saturated carbocycles. The van der Waals surface area contributed by atoms with Crippen LogP contribution in [0.5, 0.6) is 0 Å². The van der Waals surface area contributed by atoms with Crippen molar-refractivity contribution < 1.29 is 0 Å². The summed E-state index contributed by atoms with van der Waals surface area (Å²) in [7, 11) is 0. The summed E-state index contributed by atoms with van der Waals surface area (Å²) in [5.41, 5.74) is 16.2. The molecule has 0 unspecified atom stereocenters. The van der Waals surface area contributed by atoms with Crippen molar-refractivity contribution in [1.82, 2.24) is 0 Å². The quantitative estimate of drug-likeness (QED) is 0.135. The van der Waals surface area contributed by atoms with E-state index in [1.54, 1.807) is 0 Å². The normalized spacial score (nSPS) is 15.0. The zero-order chi connectivity index (χ0) is 32.4. The van der Waals surface area contributed by atoms with E-state index in [1.807, 2.05) is 0 Å². The molecule has 8 aromatic rings. The summed E-state index contributed by atoms with van der Waals surface area (Å²) in [4.78, 5) is 0. The predicted octanol–water partition coefficient (Wildman–Crippen LogP) is 13.1. The van der Waals surface area contributed by atoms with E-state index in [-0.39, 0.29) is 10.8 Å². The van der Waals surface area contributed by atoms with Gasteiger partial charge in [0.15, 0.2) is 0 Å². The lowest BCUT2D eigenvalue weighted by Crippen LogP contribution is -2.15. The summed E-state index contributed by atoms with van der Waals surface area (Å²) in [5.74, 6) is 0. The van der Waals surface area contributed by atoms with Gasteiger partial charge in [-0.15, -0.1) is 0 Å². The molecule has 0 aromatic heterocycles. The van der Waals surface area contributed by atoms with Crippen LogP contribution >= 0.6 is 0 Å². The van der Waals surface area contributed by atoms with Crippen molar-refractivity contribution in [3.8, 4) is 44.5 Å². The number of rotatable bonds is 2. The molecule has 0 aliphatic heterocycles. The topological polar surface area (TPSA) is 0 Å². The van der Waals surface area contributed by atoms with Crippen molar-refractivity contribution in [1.29, 1.82) is 0 Å². The molecule has 0 nitrogen and oxygen atoms in total. The lowest BCUT2D eigenvalue weighted by molar-refractivity contribution is 0.660. The lowest BCUT2D eigenvalue weighted by atomic mass is 9.79. The van der Waals surface area contributed by atoms with Crippen LogP contribution in [0.15, 0.2) is 146 Å². The Morgan fingerprint density at radius 2 is 0.792 bits per heavy atom. The Morgan fingerprint density at radius 3 is 1.40 bits per heavy atom. The van der Waals surface area contributed by atoms with Crippen LogP contribution in [0.4, 0.5) is 0 Å². The Morgan fingerprint density at radius 1 is 0.333 bits per heavy atom. The maximum atomic E-state index is 2.49. The Bertz CT molecular complexity index is 2660. The fraction of sp³-hybridized carbons (Fsp3) is 0.125. The molecule has 0 atom stereocenters. The van der Waals surface area contributed by atoms with Crippen LogP contribution in [0.1, 0.15) is 49.9 Å². The van der Waals surface area contributed by atoms with Crippen molar-refractivity contribution in [3.63, 3.8) is 0 Å². The molecule has 0 heteroatoms. The summed E-state index contributed by atoms with van der Waals surface area (Å²) in [6.45, 7) is 9.51. The van der Waals surface area contributed by atoms with E-state index in [0.29, 0.717) is 0 Å². The molecule has 0 heterocycles. The molecule has 2 aliphatic rings. The summed E-state index contributed by atoms with van der Waals surface area (Å²) in [6.07, 6.45) is 0. The highest BCUT2D eigenvalue weighted by atomic mass is 14.4. The minimum Gasteiger partial charge on any atom is -0.0619 e.